The number of halogens is 4. The van der Waals surface area contributed by atoms with Crippen LogP contribution in [0.15, 0.2) is 16.6 Å². The molecule has 8 heteroatoms. The molecule has 1 atom stereocenters. The topological polar surface area (TPSA) is 43.4 Å². The Hall–Kier alpha value is -0.400. The summed E-state index contributed by atoms with van der Waals surface area (Å²) in [5.41, 5.74) is -0.412. The van der Waals surface area contributed by atoms with E-state index in [0.717, 1.165) is 6.07 Å². The lowest BCUT2D eigenvalue weighted by Crippen LogP contribution is -2.32. The van der Waals surface area contributed by atoms with Gasteiger partial charge >= 0.3 is 0 Å². The molecule has 0 saturated carbocycles. The van der Waals surface area contributed by atoms with Gasteiger partial charge in [0.1, 0.15) is 5.82 Å². The monoisotopic (exact) mass is 404 g/mol. The lowest BCUT2D eigenvalue weighted by atomic mass is 9.82. The summed E-state index contributed by atoms with van der Waals surface area (Å²) in [5, 5.41) is 0. The lowest BCUT2D eigenvalue weighted by molar-refractivity contribution is 0.158. The molecule has 1 aromatic rings. The number of hydrogen-bond donors (Lipinski definition) is 0. The Morgan fingerprint density at radius 2 is 1.90 bits per heavy atom. The van der Waals surface area contributed by atoms with Gasteiger partial charge in [-0.15, -0.1) is 0 Å². The summed E-state index contributed by atoms with van der Waals surface area (Å²) in [6, 6.07) is 1.77. The highest BCUT2D eigenvalue weighted by Gasteiger charge is 2.30. The van der Waals surface area contributed by atoms with Crippen LogP contribution in [0, 0.1) is 23.0 Å². The van der Waals surface area contributed by atoms with Crippen LogP contribution in [0.25, 0.3) is 0 Å². The molecule has 3 nitrogen and oxygen atoms in total. The van der Waals surface area contributed by atoms with Crippen molar-refractivity contribution in [2.45, 2.75) is 20.8 Å². The fourth-order valence-electron chi connectivity index (χ4n) is 1.64. The van der Waals surface area contributed by atoms with Gasteiger partial charge in [-0.2, -0.15) is 0 Å². The first-order chi connectivity index (χ1) is 9.40. The van der Waals surface area contributed by atoms with Crippen LogP contribution < -0.4 is 4.74 Å². The minimum absolute atomic E-state index is 0.0589. The predicted molar refractivity (Wildman–Crippen MR) is 82.1 cm³/mol. The zero-order valence-electron chi connectivity index (χ0n) is 11.8. The third-order valence-corrected chi connectivity index (χ3v) is 4.78. The molecule has 0 N–H and O–H groups in total. The molecule has 0 aliphatic rings. The molecule has 0 amide bonds. The molecular weight excluding hydrogens is 390 g/mol. The standard InChI is InChI=1S/C13H16BrClF2O3S/c1-13(2,3)8(7-21(15,18)19)6-20-12-10(14)4-9(16)5-11(12)17/h4-5,8H,6-7H2,1-3H3. The van der Waals surface area contributed by atoms with Crippen LogP contribution in [0.5, 0.6) is 5.75 Å². The van der Waals surface area contributed by atoms with E-state index in [-0.39, 0.29) is 22.6 Å². The molecular formula is C13H16BrClF2O3S. The first-order valence-electron chi connectivity index (χ1n) is 6.10. The number of rotatable bonds is 5. The van der Waals surface area contributed by atoms with E-state index in [4.69, 9.17) is 15.4 Å². The van der Waals surface area contributed by atoms with E-state index in [1.807, 2.05) is 20.8 Å². The normalized spacial score (nSPS) is 14.0. The van der Waals surface area contributed by atoms with Crippen LogP contribution in [0.3, 0.4) is 0 Å². The maximum absolute atomic E-state index is 13.7. The van der Waals surface area contributed by atoms with Crippen molar-refractivity contribution < 1.29 is 21.9 Å². The Morgan fingerprint density at radius 1 is 1.33 bits per heavy atom. The van der Waals surface area contributed by atoms with Gasteiger partial charge in [0.15, 0.2) is 11.6 Å². The third-order valence-electron chi connectivity index (χ3n) is 3.02. The largest absolute Gasteiger partial charge is 0.489 e. The van der Waals surface area contributed by atoms with E-state index in [1.165, 1.54) is 0 Å². The molecule has 0 aliphatic carbocycles. The summed E-state index contributed by atoms with van der Waals surface area (Å²) in [7, 11) is 1.57. The number of hydrogen-bond acceptors (Lipinski definition) is 3. The molecule has 0 fully saturated rings. The van der Waals surface area contributed by atoms with Gasteiger partial charge in [-0.05, 0) is 27.4 Å². The van der Waals surface area contributed by atoms with E-state index in [2.05, 4.69) is 15.9 Å². The molecule has 0 aliphatic heterocycles. The molecule has 21 heavy (non-hydrogen) atoms. The molecule has 1 aromatic carbocycles. The molecule has 0 aromatic heterocycles. The molecule has 1 unspecified atom stereocenters. The van der Waals surface area contributed by atoms with Gasteiger partial charge in [-0.1, -0.05) is 20.8 Å². The lowest BCUT2D eigenvalue weighted by Gasteiger charge is -2.29. The molecule has 0 heterocycles. The second-order valence-corrected chi connectivity index (χ2v) is 9.45. The van der Waals surface area contributed by atoms with Gasteiger partial charge in [-0.25, -0.2) is 17.2 Å². The van der Waals surface area contributed by atoms with E-state index in [0.29, 0.717) is 6.07 Å². The van der Waals surface area contributed by atoms with Crippen LogP contribution in [0.4, 0.5) is 8.78 Å². The van der Waals surface area contributed by atoms with E-state index in [9.17, 15) is 17.2 Å². The first-order valence-corrected chi connectivity index (χ1v) is 9.37. The molecule has 0 saturated heterocycles. The summed E-state index contributed by atoms with van der Waals surface area (Å²) < 4.78 is 54.6. The highest BCUT2D eigenvalue weighted by Crippen LogP contribution is 2.33. The van der Waals surface area contributed by atoms with Crippen molar-refractivity contribution in [2.75, 3.05) is 12.4 Å². The van der Waals surface area contributed by atoms with Crippen molar-refractivity contribution in [1.29, 1.82) is 0 Å². The van der Waals surface area contributed by atoms with Gasteiger partial charge in [-0.3, -0.25) is 0 Å². The summed E-state index contributed by atoms with van der Waals surface area (Å²) in [6.45, 7) is 5.44. The summed E-state index contributed by atoms with van der Waals surface area (Å²) >= 11 is 3.01. The average molecular weight is 406 g/mol. The molecule has 120 valence electrons. The van der Waals surface area contributed by atoms with Gasteiger partial charge < -0.3 is 4.74 Å². The Bertz CT molecular complexity index is 591. The van der Waals surface area contributed by atoms with Crippen LogP contribution in [0.2, 0.25) is 0 Å². The molecule has 0 radical (unpaired) electrons. The van der Waals surface area contributed by atoms with Crippen LogP contribution in [-0.2, 0) is 9.05 Å². The van der Waals surface area contributed by atoms with Gasteiger partial charge in [0.2, 0.25) is 9.05 Å². The van der Waals surface area contributed by atoms with Crippen molar-refractivity contribution >= 4 is 35.7 Å². The highest BCUT2D eigenvalue weighted by molar-refractivity contribution is 9.10. The Balaban J connectivity index is 2.93. The highest BCUT2D eigenvalue weighted by atomic mass is 79.9. The molecule has 0 spiro atoms. The van der Waals surface area contributed by atoms with E-state index >= 15 is 0 Å². The van der Waals surface area contributed by atoms with E-state index < -0.39 is 32.0 Å². The minimum atomic E-state index is -3.71. The second kappa shape index (κ2) is 6.79. The van der Waals surface area contributed by atoms with Gasteiger partial charge in [0.05, 0.1) is 16.8 Å². The number of ether oxygens (including phenoxy) is 1. The maximum atomic E-state index is 13.7. The third kappa shape index (κ3) is 6.08. The van der Waals surface area contributed by atoms with Crippen LogP contribution in [0.1, 0.15) is 20.8 Å². The number of benzene rings is 1. The molecule has 0 bridgehead atoms. The Morgan fingerprint density at radius 3 is 2.33 bits per heavy atom. The second-order valence-electron chi connectivity index (χ2n) is 5.78. The van der Waals surface area contributed by atoms with Crippen LogP contribution in [-0.4, -0.2) is 20.8 Å². The average Bonchev–Trinajstić information content (AvgIpc) is 2.22. The molecule has 1 rings (SSSR count). The summed E-state index contributed by atoms with van der Waals surface area (Å²) in [5.74, 6) is -2.49. The quantitative estimate of drug-likeness (QED) is 0.685. The van der Waals surface area contributed by atoms with E-state index in [1.54, 1.807) is 0 Å². The first kappa shape index (κ1) is 18.6. The fourth-order valence-corrected chi connectivity index (χ4v) is 3.69. The fraction of sp³-hybridized carbons (Fsp3) is 0.538. The Labute approximate surface area is 136 Å². The summed E-state index contributed by atoms with van der Waals surface area (Å²) in [4.78, 5) is 0. The van der Waals surface area contributed by atoms with Gasteiger partial charge in [0.25, 0.3) is 0 Å². The SMILES string of the molecule is CC(C)(C)C(COc1c(F)cc(F)cc1Br)CS(=O)(=O)Cl. The summed E-state index contributed by atoms with van der Waals surface area (Å²) in [6.07, 6.45) is 0. The van der Waals surface area contributed by atoms with Crippen molar-refractivity contribution in [2.24, 2.45) is 11.3 Å². The van der Waals surface area contributed by atoms with Crippen molar-refractivity contribution in [3.63, 3.8) is 0 Å². The Kier molecular flexibility index (Phi) is 6.03. The van der Waals surface area contributed by atoms with Crippen molar-refractivity contribution in [3.8, 4) is 5.75 Å². The van der Waals surface area contributed by atoms with Crippen molar-refractivity contribution in [1.82, 2.24) is 0 Å². The predicted octanol–water partition coefficient (Wildman–Crippen LogP) is 4.34. The van der Waals surface area contributed by atoms with Crippen LogP contribution >= 0.6 is 26.6 Å². The smallest absolute Gasteiger partial charge is 0.233 e. The zero-order chi connectivity index (χ0) is 16.4. The zero-order valence-corrected chi connectivity index (χ0v) is 14.9. The van der Waals surface area contributed by atoms with Crippen molar-refractivity contribution in [3.05, 3.63) is 28.2 Å². The maximum Gasteiger partial charge on any atom is 0.233 e. The van der Waals surface area contributed by atoms with Gasteiger partial charge in [0, 0.05) is 22.7 Å². The minimum Gasteiger partial charge on any atom is -0.489 e.